The van der Waals surface area contributed by atoms with Crippen LogP contribution in [0.1, 0.15) is 25.0 Å². The van der Waals surface area contributed by atoms with Crippen LogP contribution in [-0.4, -0.2) is 48.4 Å². The van der Waals surface area contributed by atoms with E-state index in [4.69, 9.17) is 5.11 Å². The molecule has 1 aliphatic rings. The number of carboxylic acid groups (broad SMARTS) is 1. The van der Waals surface area contributed by atoms with Crippen molar-refractivity contribution in [2.75, 3.05) is 25.0 Å². The number of benzene rings is 1. The SMILES string of the molecule is Cc1cc(NCC(=O)O)c2cc(S(=O)(=O)N3CCCCC3)ccc2n1. The topological polar surface area (TPSA) is 99.6 Å². The second-order valence-electron chi connectivity index (χ2n) is 6.20. The molecular formula is C17H21N3O4S. The lowest BCUT2D eigenvalue weighted by molar-refractivity contribution is -0.134. The quantitative estimate of drug-likeness (QED) is 0.845. The van der Waals surface area contributed by atoms with Crippen molar-refractivity contribution in [3.8, 4) is 0 Å². The molecule has 0 aliphatic carbocycles. The minimum atomic E-state index is -3.55. The van der Waals surface area contributed by atoms with Crippen LogP contribution >= 0.6 is 0 Å². The molecule has 1 aromatic carbocycles. The smallest absolute Gasteiger partial charge is 0.322 e. The molecular weight excluding hydrogens is 342 g/mol. The van der Waals surface area contributed by atoms with Gasteiger partial charge in [-0.15, -0.1) is 0 Å². The van der Waals surface area contributed by atoms with Crippen molar-refractivity contribution in [1.82, 2.24) is 9.29 Å². The lowest BCUT2D eigenvalue weighted by Gasteiger charge is -2.26. The first-order chi connectivity index (χ1) is 11.9. The van der Waals surface area contributed by atoms with E-state index in [1.165, 1.54) is 4.31 Å². The molecule has 1 fully saturated rings. The molecule has 0 bridgehead atoms. The van der Waals surface area contributed by atoms with Gasteiger partial charge in [0.15, 0.2) is 0 Å². The van der Waals surface area contributed by atoms with Crippen LogP contribution in [0.4, 0.5) is 5.69 Å². The van der Waals surface area contributed by atoms with E-state index in [2.05, 4.69) is 10.3 Å². The molecule has 8 heteroatoms. The van der Waals surface area contributed by atoms with E-state index < -0.39 is 16.0 Å². The Labute approximate surface area is 146 Å². The Balaban J connectivity index is 2.04. The molecule has 1 saturated heterocycles. The first kappa shape index (κ1) is 17.6. The van der Waals surface area contributed by atoms with Crippen LogP contribution in [-0.2, 0) is 14.8 Å². The zero-order valence-electron chi connectivity index (χ0n) is 14.0. The van der Waals surface area contributed by atoms with E-state index in [1.807, 2.05) is 6.92 Å². The number of hydrogen-bond donors (Lipinski definition) is 2. The molecule has 0 amide bonds. The summed E-state index contributed by atoms with van der Waals surface area (Å²) < 4.78 is 27.2. The molecule has 7 nitrogen and oxygen atoms in total. The summed E-state index contributed by atoms with van der Waals surface area (Å²) >= 11 is 0. The third kappa shape index (κ3) is 3.74. The maximum Gasteiger partial charge on any atom is 0.322 e. The summed E-state index contributed by atoms with van der Waals surface area (Å²) in [4.78, 5) is 15.5. The third-order valence-electron chi connectivity index (χ3n) is 4.29. The normalized spacial score (nSPS) is 16.0. The maximum atomic E-state index is 12.9. The molecule has 2 heterocycles. The number of nitrogens with zero attached hydrogens (tertiary/aromatic N) is 2. The number of anilines is 1. The second kappa shape index (κ2) is 6.97. The van der Waals surface area contributed by atoms with Gasteiger partial charge in [-0.25, -0.2) is 8.42 Å². The van der Waals surface area contributed by atoms with Crippen LogP contribution in [0.25, 0.3) is 10.9 Å². The van der Waals surface area contributed by atoms with Crippen molar-refractivity contribution >= 4 is 32.6 Å². The number of aliphatic carboxylic acids is 1. The average molecular weight is 363 g/mol. The van der Waals surface area contributed by atoms with Gasteiger partial charge in [-0.05, 0) is 44.0 Å². The summed E-state index contributed by atoms with van der Waals surface area (Å²) in [6.07, 6.45) is 2.80. The summed E-state index contributed by atoms with van der Waals surface area (Å²) in [6, 6.07) is 6.54. The number of piperidine rings is 1. The van der Waals surface area contributed by atoms with Gasteiger partial charge in [-0.3, -0.25) is 9.78 Å². The lowest BCUT2D eigenvalue weighted by atomic mass is 10.1. The van der Waals surface area contributed by atoms with E-state index in [-0.39, 0.29) is 11.4 Å². The highest BCUT2D eigenvalue weighted by molar-refractivity contribution is 7.89. The number of rotatable bonds is 5. The fourth-order valence-electron chi connectivity index (χ4n) is 3.07. The zero-order valence-corrected chi connectivity index (χ0v) is 14.8. The summed E-state index contributed by atoms with van der Waals surface area (Å²) in [5.41, 5.74) is 1.93. The van der Waals surface area contributed by atoms with Gasteiger partial charge in [0.25, 0.3) is 0 Å². The van der Waals surface area contributed by atoms with Crippen molar-refractivity contribution < 1.29 is 18.3 Å². The molecule has 0 radical (unpaired) electrons. The number of fused-ring (bicyclic) bond motifs is 1. The number of nitrogens with one attached hydrogen (secondary N) is 1. The molecule has 2 N–H and O–H groups in total. The monoisotopic (exact) mass is 363 g/mol. The Kier molecular flexibility index (Phi) is 4.91. The number of hydrogen-bond acceptors (Lipinski definition) is 5. The molecule has 2 aromatic rings. The molecule has 0 spiro atoms. The molecule has 3 rings (SSSR count). The minimum absolute atomic E-state index is 0.214. The molecule has 0 atom stereocenters. The lowest BCUT2D eigenvalue weighted by Crippen LogP contribution is -2.35. The fraction of sp³-hybridized carbons (Fsp3) is 0.412. The molecule has 134 valence electrons. The summed E-state index contributed by atoms with van der Waals surface area (Å²) in [5, 5.41) is 12.3. The summed E-state index contributed by atoms with van der Waals surface area (Å²) in [7, 11) is -3.55. The van der Waals surface area contributed by atoms with Gasteiger partial charge in [0.1, 0.15) is 6.54 Å². The number of sulfonamides is 1. The van der Waals surface area contributed by atoms with Gasteiger partial charge in [0.2, 0.25) is 10.0 Å². The second-order valence-corrected chi connectivity index (χ2v) is 8.14. The summed E-state index contributed by atoms with van der Waals surface area (Å²) in [6.45, 7) is 2.64. The van der Waals surface area contributed by atoms with Crippen molar-refractivity contribution in [2.24, 2.45) is 0 Å². The highest BCUT2D eigenvalue weighted by Crippen LogP contribution is 2.28. The molecule has 0 saturated carbocycles. The van der Waals surface area contributed by atoms with Gasteiger partial charge in [-0.1, -0.05) is 6.42 Å². The predicted molar refractivity (Wildman–Crippen MR) is 95.2 cm³/mol. The van der Waals surface area contributed by atoms with Gasteiger partial charge in [0.05, 0.1) is 10.4 Å². The zero-order chi connectivity index (χ0) is 18.0. The van der Waals surface area contributed by atoms with Gasteiger partial charge >= 0.3 is 5.97 Å². The summed E-state index contributed by atoms with van der Waals surface area (Å²) in [5.74, 6) is -0.986. The molecule has 0 unspecified atom stereocenters. The predicted octanol–water partition coefficient (Wildman–Crippen LogP) is 2.21. The third-order valence-corrected chi connectivity index (χ3v) is 6.19. The maximum absolute atomic E-state index is 12.9. The van der Waals surface area contributed by atoms with Crippen LogP contribution in [0.15, 0.2) is 29.2 Å². The van der Waals surface area contributed by atoms with Crippen molar-refractivity contribution in [3.05, 3.63) is 30.0 Å². The number of pyridine rings is 1. The Morgan fingerprint density at radius 2 is 1.96 bits per heavy atom. The van der Waals surface area contributed by atoms with E-state index in [9.17, 15) is 13.2 Å². The Morgan fingerprint density at radius 1 is 1.24 bits per heavy atom. The van der Waals surface area contributed by atoms with Crippen LogP contribution in [0, 0.1) is 6.92 Å². The van der Waals surface area contributed by atoms with Crippen LogP contribution < -0.4 is 5.32 Å². The molecule has 25 heavy (non-hydrogen) atoms. The number of carbonyl (C=O) groups is 1. The van der Waals surface area contributed by atoms with Crippen LogP contribution in [0.2, 0.25) is 0 Å². The highest BCUT2D eigenvalue weighted by Gasteiger charge is 2.26. The standard InChI is InChI=1S/C17H21N3O4S/c1-12-9-16(18-11-17(21)22)14-10-13(5-6-15(14)19-12)25(23,24)20-7-3-2-4-8-20/h5-6,9-10H,2-4,7-8,11H2,1H3,(H,18,19)(H,21,22). The van der Waals surface area contributed by atoms with Gasteiger partial charge in [-0.2, -0.15) is 4.31 Å². The number of aromatic nitrogens is 1. The first-order valence-corrected chi connectivity index (χ1v) is 9.69. The van der Waals surface area contributed by atoms with Crippen molar-refractivity contribution in [1.29, 1.82) is 0 Å². The minimum Gasteiger partial charge on any atom is -0.480 e. The van der Waals surface area contributed by atoms with E-state index in [1.54, 1.807) is 24.3 Å². The Hall–Kier alpha value is -2.19. The average Bonchev–Trinajstić information content (AvgIpc) is 2.59. The first-order valence-electron chi connectivity index (χ1n) is 8.25. The Bertz CT molecular complexity index is 905. The van der Waals surface area contributed by atoms with E-state index >= 15 is 0 Å². The number of carboxylic acids is 1. The highest BCUT2D eigenvalue weighted by atomic mass is 32.2. The fourth-order valence-corrected chi connectivity index (χ4v) is 4.61. The Morgan fingerprint density at radius 3 is 2.64 bits per heavy atom. The largest absolute Gasteiger partial charge is 0.480 e. The van der Waals surface area contributed by atoms with E-state index in [0.717, 1.165) is 25.0 Å². The van der Waals surface area contributed by atoms with Gasteiger partial charge < -0.3 is 10.4 Å². The molecule has 1 aromatic heterocycles. The van der Waals surface area contributed by atoms with E-state index in [0.29, 0.717) is 29.7 Å². The molecule has 1 aliphatic heterocycles. The van der Waals surface area contributed by atoms with Crippen molar-refractivity contribution in [2.45, 2.75) is 31.1 Å². The van der Waals surface area contributed by atoms with Crippen LogP contribution in [0.3, 0.4) is 0 Å². The number of aryl methyl sites for hydroxylation is 1. The van der Waals surface area contributed by atoms with Crippen molar-refractivity contribution in [3.63, 3.8) is 0 Å². The van der Waals surface area contributed by atoms with Crippen LogP contribution in [0.5, 0.6) is 0 Å². The van der Waals surface area contributed by atoms with Gasteiger partial charge in [0, 0.05) is 29.9 Å².